The Hall–Kier alpha value is -2.77. The molecule has 1 aromatic rings. The van der Waals surface area contributed by atoms with Gasteiger partial charge in [-0.25, -0.2) is 0 Å². The minimum Gasteiger partial charge on any atom is -0.469 e. The second-order valence-corrected chi connectivity index (χ2v) is 5.09. The maximum atomic E-state index is 11.4. The zero-order chi connectivity index (χ0) is 18.1. The standard InChI is InChI=1S/C16H23N3O5/c1-11(20)18-14-10-12(4-5-13(14)17)19(8-6-15(21)23-2)9-7-16(22)24-3/h4-5,10H,6-9,17H2,1-3H3,(H,18,20). The summed E-state index contributed by atoms with van der Waals surface area (Å²) >= 11 is 0. The molecule has 3 N–H and O–H groups in total. The Kier molecular flexibility index (Phi) is 7.54. The van der Waals surface area contributed by atoms with Crippen molar-refractivity contribution >= 4 is 34.9 Å². The second kappa shape index (κ2) is 9.39. The molecular weight excluding hydrogens is 314 g/mol. The molecule has 1 amide bonds. The summed E-state index contributed by atoms with van der Waals surface area (Å²) in [6.07, 6.45) is 0.328. The summed E-state index contributed by atoms with van der Waals surface area (Å²) in [7, 11) is 2.64. The molecule has 0 spiro atoms. The average Bonchev–Trinajstić information content (AvgIpc) is 2.56. The number of anilines is 3. The molecular formula is C16H23N3O5. The molecule has 24 heavy (non-hydrogen) atoms. The summed E-state index contributed by atoms with van der Waals surface area (Å²) in [5, 5.41) is 2.65. The number of methoxy groups -OCH3 is 2. The Bertz CT molecular complexity index is 583. The van der Waals surface area contributed by atoms with Crippen LogP contribution in [-0.4, -0.2) is 45.2 Å². The Morgan fingerprint density at radius 1 is 1.08 bits per heavy atom. The number of rotatable bonds is 8. The highest BCUT2D eigenvalue weighted by atomic mass is 16.5. The van der Waals surface area contributed by atoms with Crippen molar-refractivity contribution in [2.24, 2.45) is 0 Å². The molecule has 0 unspecified atom stereocenters. The second-order valence-electron chi connectivity index (χ2n) is 5.09. The zero-order valence-corrected chi connectivity index (χ0v) is 14.1. The number of carbonyl (C=O) groups is 3. The molecule has 0 bridgehead atoms. The molecule has 0 heterocycles. The van der Waals surface area contributed by atoms with Crippen molar-refractivity contribution < 1.29 is 23.9 Å². The van der Waals surface area contributed by atoms with Crippen LogP contribution in [0.1, 0.15) is 19.8 Å². The van der Waals surface area contributed by atoms with Crippen molar-refractivity contribution in [1.29, 1.82) is 0 Å². The van der Waals surface area contributed by atoms with Gasteiger partial charge in [-0.05, 0) is 18.2 Å². The normalized spacial score (nSPS) is 9.96. The first-order valence-corrected chi connectivity index (χ1v) is 7.43. The van der Waals surface area contributed by atoms with Crippen molar-refractivity contribution in [2.75, 3.05) is 43.3 Å². The first-order chi connectivity index (χ1) is 11.4. The monoisotopic (exact) mass is 337 g/mol. The average molecular weight is 337 g/mol. The molecule has 1 aromatic carbocycles. The number of nitrogens with two attached hydrogens (primary N) is 1. The molecule has 0 aromatic heterocycles. The molecule has 0 saturated heterocycles. The van der Waals surface area contributed by atoms with Gasteiger partial charge in [0.15, 0.2) is 0 Å². The van der Waals surface area contributed by atoms with Crippen LogP contribution in [0.15, 0.2) is 18.2 Å². The van der Waals surface area contributed by atoms with E-state index in [-0.39, 0.29) is 30.7 Å². The van der Waals surface area contributed by atoms with E-state index >= 15 is 0 Å². The highest BCUT2D eigenvalue weighted by molar-refractivity contribution is 5.93. The van der Waals surface area contributed by atoms with Crippen LogP contribution >= 0.6 is 0 Å². The summed E-state index contributed by atoms with van der Waals surface area (Å²) in [4.78, 5) is 35.9. The number of nitrogens with zero attached hydrogens (tertiary/aromatic N) is 1. The Balaban J connectivity index is 2.96. The lowest BCUT2D eigenvalue weighted by Crippen LogP contribution is -2.29. The lowest BCUT2D eigenvalue weighted by Gasteiger charge is -2.25. The van der Waals surface area contributed by atoms with Crippen LogP contribution in [0, 0.1) is 0 Å². The Morgan fingerprint density at radius 3 is 2.08 bits per heavy atom. The number of carbonyl (C=O) groups excluding carboxylic acids is 3. The number of ether oxygens (including phenoxy) is 2. The van der Waals surface area contributed by atoms with E-state index in [2.05, 4.69) is 14.8 Å². The SMILES string of the molecule is COC(=O)CCN(CCC(=O)OC)c1ccc(N)c(NC(C)=O)c1. The lowest BCUT2D eigenvalue weighted by atomic mass is 10.2. The lowest BCUT2D eigenvalue weighted by molar-refractivity contribution is -0.140. The van der Waals surface area contributed by atoms with Gasteiger partial charge in [0, 0.05) is 25.7 Å². The molecule has 0 radical (unpaired) electrons. The fourth-order valence-electron chi connectivity index (χ4n) is 2.07. The molecule has 0 aliphatic rings. The first-order valence-electron chi connectivity index (χ1n) is 7.43. The van der Waals surface area contributed by atoms with E-state index in [0.717, 1.165) is 5.69 Å². The van der Waals surface area contributed by atoms with Crippen LogP contribution in [-0.2, 0) is 23.9 Å². The predicted molar refractivity (Wildman–Crippen MR) is 90.6 cm³/mol. The molecule has 1 rings (SSSR count). The third kappa shape index (κ3) is 6.15. The van der Waals surface area contributed by atoms with Crippen LogP contribution in [0.2, 0.25) is 0 Å². The summed E-state index contributed by atoms with van der Waals surface area (Å²) in [6.45, 7) is 2.10. The van der Waals surface area contributed by atoms with E-state index < -0.39 is 0 Å². The van der Waals surface area contributed by atoms with Gasteiger partial charge in [0.1, 0.15) is 0 Å². The maximum Gasteiger partial charge on any atom is 0.307 e. The van der Waals surface area contributed by atoms with Crippen LogP contribution in [0.4, 0.5) is 17.1 Å². The third-order valence-electron chi connectivity index (χ3n) is 3.34. The molecule has 0 aliphatic heterocycles. The number of nitrogen functional groups attached to an aromatic ring is 1. The van der Waals surface area contributed by atoms with Gasteiger partial charge in [-0.3, -0.25) is 14.4 Å². The Labute approximate surface area is 140 Å². The number of esters is 2. The highest BCUT2D eigenvalue weighted by Crippen LogP contribution is 2.26. The zero-order valence-electron chi connectivity index (χ0n) is 14.1. The number of nitrogens with one attached hydrogen (secondary N) is 1. The van der Waals surface area contributed by atoms with Crippen molar-refractivity contribution in [1.82, 2.24) is 0 Å². The Morgan fingerprint density at radius 2 is 1.62 bits per heavy atom. The number of hydrogen-bond donors (Lipinski definition) is 2. The van der Waals surface area contributed by atoms with Gasteiger partial charge < -0.3 is 25.4 Å². The van der Waals surface area contributed by atoms with Crippen LogP contribution < -0.4 is 16.0 Å². The molecule has 0 fully saturated rings. The summed E-state index contributed by atoms with van der Waals surface area (Å²) < 4.78 is 9.29. The van der Waals surface area contributed by atoms with Crippen molar-refractivity contribution in [3.8, 4) is 0 Å². The molecule has 8 nitrogen and oxygen atoms in total. The van der Waals surface area contributed by atoms with E-state index in [4.69, 9.17) is 5.73 Å². The minimum atomic E-state index is -0.351. The minimum absolute atomic E-state index is 0.164. The summed E-state index contributed by atoms with van der Waals surface area (Å²) in [5.74, 6) is -0.944. The molecule has 0 saturated carbocycles. The topological polar surface area (TPSA) is 111 Å². The van der Waals surface area contributed by atoms with Crippen molar-refractivity contribution in [3.05, 3.63) is 18.2 Å². The number of benzene rings is 1. The van der Waals surface area contributed by atoms with E-state index in [1.54, 1.807) is 18.2 Å². The highest BCUT2D eigenvalue weighted by Gasteiger charge is 2.14. The molecule has 0 aliphatic carbocycles. The third-order valence-corrected chi connectivity index (χ3v) is 3.34. The van der Waals surface area contributed by atoms with Gasteiger partial charge in [-0.1, -0.05) is 0 Å². The molecule has 132 valence electrons. The summed E-state index contributed by atoms with van der Waals surface area (Å²) in [5.41, 5.74) is 7.47. The van der Waals surface area contributed by atoms with Gasteiger partial charge >= 0.3 is 11.9 Å². The smallest absolute Gasteiger partial charge is 0.307 e. The quantitative estimate of drug-likeness (QED) is 0.541. The van der Waals surface area contributed by atoms with Crippen molar-refractivity contribution in [3.63, 3.8) is 0 Å². The van der Waals surface area contributed by atoms with Crippen LogP contribution in [0.25, 0.3) is 0 Å². The largest absolute Gasteiger partial charge is 0.469 e. The fraction of sp³-hybridized carbons (Fsp3) is 0.438. The molecule has 0 atom stereocenters. The van der Waals surface area contributed by atoms with Gasteiger partial charge in [-0.2, -0.15) is 0 Å². The van der Waals surface area contributed by atoms with Crippen molar-refractivity contribution in [2.45, 2.75) is 19.8 Å². The van der Waals surface area contributed by atoms with Crippen LogP contribution in [0.5, 0.6) is 0 Å². The first kappa shape index (κ1) is 19.3. The van der Waals surface area contributed by atoms with E-state index in [1.165, 1.54) is 21.1 Å². The number of amides is 1. The van der Waals surface area contributed by atoms with Gasteiger partial charge in [0.25, 0.3) is 0 Å². The maximum absolute atomic E-state index is 11.4. The number of hydrogen-bond acceptors (Lipinski definition) is 7. The summed E-state index contributed by atoms with van der Waals surface area (Å²) in [6, 6.07) is 5.12. The van der Waals surface area contributed by atoms with E-state index in [0.29, 0.717) is 24.5 Å². The van der Waals surface area contributed by atoms with E-state index in [1.807, 2.05) is 4.90 Å². The van der Waals surface area contributed by atoms with E-state index in [9.17, 15) is 14.4 Å². The molecule has 8 heteroatoms. The van der Waals surface area contributed by atoms with Gasteiger partial charge in [0.05, 0.1) is 38.4 Å². The predicted octanol–water partition coefficient (Wildman–Crippen LogP) is 1.16. The van der Waals surface area contributed by atoms with Gasteiger partial charge in [0.2, 0.25) is 5.91 Å². The fourth-order valence-corrected chi connectivity index (χ4v) is 2.07. The van der Waals surface area contributed by atoms with Gasteiger partial charge in [-0.15, -0.1) is 0 Å². The van der Waals surface area contributed by atoms with Crippen LogP contribution in [0.3, 0.4) is 0 Å².